The van der Waals surface area contributed by atoms with Gasteiger partial charge in [-0.1, -0.05) is 88.8 Å². The Morgan fingerprint density at radius 1 is 1.07 bits per heavy atom. The molecule has 0 aromatic heterocycles. The summed E-state index contributed by atoms with van der Waals surface area (Å²) in [6.45, 7) is 28.2. The first-order chi connectivity index (χ1) is 20.5. The number of benzene rings is 1. The topological polar surface area (TPSA) is 12.0 Å². The van der Waals surface area contributed by atoms with Gasteiger partial charge in [0.25, 0.3) is 0 Å². The first-order valence-electron chi connectivity index (χ1n) is 17.7. The molecule has 232 valence electrons. The van der Waals surface area contributed by atoms with Crippen LogP contribution in [0.25, 0.3) is 6.08 Å². The molecule has 1 aromatic rings. The van der Waals surface area contributed by atoms with Crippen LogP contribution in [-0.4, -0.2) is 7.05 Å². The molecule has 1 aromatic carbocycles. The molecule has 1 N–H and O–H groups in total. The monoisotopic (exact) mass is 577 g/mol. The van der Waals surface area contributed by atoms with Crippen molar-refractivity contribution < 1.29 is 0 Å². The third-order valence-corrected chi connectivity index (χ3v) is 14.5. The van der Waals surface area contributed by atoms with Gasteiger partial charge in [-0.25, -0.2) is 0 Å². The summed E-state index contributed by atoms with van der Waals surface area (Å²) in [5, 5.41) is 3.46. The number of rotatable bonds is 8. The first-order valence-corrected chi connectivity index (χ1v) is 17.7. The first kappa shape index (κ1) is 30.7. The van der Waals surface area contributed by atoms with Crippen LogP contribution < -0.4 is 5.32 Å². The Balaban J connectivity index is 1.33. The van der Waals surface area contributed by atoms with E-state index in [2.05, 4.69) is 84.3 Å². The molecule has 0 aliphatic heterocycles. The minimum Gasteiger partial charge on any atom is -0.387 e. The fourth-order valence-corrected chi connectivity index (χ4v) is 12.4. The third kappa shape index (κ3) is 4.29. The Labute approximate surface area is 264 Å². The Hall–Kier alpha value is -2.28. The Morgan fingerprint density at radius 3 is 2.53 bits per heavy atom. The maximum atomic E-state index is 5.10. The summed E-state index contributed by atoms with van der Waals surface area (Å²) in [6, 6.07) is 0. The van der Waals surface area contributed by atoms with E-state index in [9.17, 15) is 0 Å². The molecule has 4 fully saturated rings. The van der Waals surface area contributed by atoms with Gasteiger partial charge in [0.2, 0.25) is 0 Å². The molecular weight excluding hydrogens is 518 g/mol. The van der Waals surface area contributed by atoms with Gasteiger partial charge in [0, 0.05) is 23.7 Å². The lowest BCUT2D eigenvalue weighted by Gasteiger charge is -2.60. The molecule has 0 amide bonds. The molecule has 0 radical (unpaired) electrons. The van der Waals surface area contributed by atoms with Gasteiger partial charge in [-0.15, -0.1) is 0 Å². The number of allylic oxidation sites excluding steroid dienone is 6. The van der Waals surface area contributed by atoms with E-state index in [1.165, 1.54) is 96.9 Å². The fraction of sp³-hybridized carbons (Fsp3) is 0.619. The van der Waals surface area contributed by atoms with E-state index in [1.807, 2.05) is 7.05 Å². The van der Waals surface area contributed by atoms with Crippen molar-refractivity contribution >= 4 is 11.8 Å². The molecule has 0 saturated heterocycles. The van der Waals surface area contributed by atoms with Crippen LogP contribution >= 0.6 is 0 Å². The number of nitrogens with one attached hydrogen (secondary N) is 1. The average molecular weight is 578 g/mol. The minimum atomic E-state index is 0.230. The zero-order valence-electron chi connectivity index (χ0n) is 28.6. The third-order valence-electron chi connectivity index (χ3n) is 14.5. The quantitative estimate of drug-likeness (QED) is 0.303. The van der Waals surface area contributed by atoms with Gasteiger partial charge in [0.15, 0.2) is 0 Å². The maximum Gasteiger partial charge on any atom is 0.0446 e. The number of hydrogen-bond acceptors (Lipinski definition) is 1. The van der Waals surface area contributed by atoms with Crippen molar-refractivity contribution in [2.75, 3.05) is 12.4 Å². The highest BCUT2D eigenvalue weighted by Gasteiger charge is 2.69. The van der Waals surface area contributed by atoms with E-state index >= 15 is 0 Å². The van der Waals surface area contributed by atoms with Crippen LogP contribution in [0.15, 0.2) is 54.7 Å². The number of fused-ring (bicyclic) bond motifs is 7. The summed E-state index contributed by atoms with van der Waals surface area (Å²) in [6.07, 6.45) is 23.9. The summed E-state index contributed by atoms with van der Waals surface area (Å²) < 4.78 is 0. The lowest BCUT2D eigenvalue weighted by atomic mass is 9.44. The van der Waals surface area contributed by atoms with Crippen LogP contribution in [0, 0.1) is 66.6 Å². The molecule has 5 aliphatic carbocycles. The molecule has 0 spiro atoms. The zero-order chi connectivity index (χ0) is 30.9. The predicted molar refractivity (Wildman–Crippen MR) is 187 cm³/mol. The molecular formula is C42H59N. The summed E-state index contributed by atoms with van der Waals surface area (Å²) in [5.74, 6) is 4.15. The van der Waals surface area contributed by atoms with Crippen LogP contribution in [0.1, 0.15) is 113 Å². The molecule has 8 atom stereocenters. The van der Waals surface area contributed by atoms with Crippen molar-refractivity contribution in [2.45, 2.75) is 112 Å². The van der Waals surface area contributed by atoms with Crippen molar-refractivity contribution in [2.24, 2.45) is 45.8 Å². The van der Waals surface area contributed by atoms with E-state index in [0.29, 0.717) is 10.8 Å². The average Bonchev–Trinajstić information content (AvgIpc) is 3.47. The van der Waals surface area contributed by atoms with Crippen molar-refractivity contribution in [3.8, 4) is 0 Å². The molecule has 8 unspecified atom stereocenters. The van der Waals surface area contributed by atoms with Gasteiger partial charge < -0.3 is 5.32 Å². The second-order valence-corrected chi connectivity index (χ2v) is 15.9. The minimum absolute atomic E-state index is 0.230. The molecule has 43 heavy (non-hydrogen) atoms. The van der Waals surface area contributed by atoms with E-state index in [4.69, 9.17) is 6.58 Å². The summed E-state index contributed by atoms with van der Waals surface area (Å²) in [7, 11) is 2.04. The van der Waals surface area contributed by atoms with Crippen LogP contribution in [0.4, 0.5) is 5.69 Å². The Bertz CT molecular complexity index is 1400. The summed E-state index contributed by atoms with van der Waals surface area (Å²) >= 11 is 0. The van der Waals surface area contributed by atoms with Crippen molar-refractivity contribution in [3.05, 3.63) is 82.5 Å². The van der Waals surface area contributed by atoms with Gasteiger partial charge in [-0.05, 0) is 147 Å². The Morgan fingerprint density at radius 2 is 1.84 bits per heavy atom. The molecule has 5 aliphatic rings. The van der Waals surface area contributed by atoms with Gasteiger partial charge in [-0.2, -0.15) is 0 Å². The van der Waals surface area contributed by atoms with Crippen molar-refractivity contribution in [1.29, 1.82) is 0 Å². The summed E-state index contributed by atoms with van der Waals surface area (Å²) in [5.41, 5.74) is 13.6. The SMILES string of the molecule is C=Cc1c(C)c(CCC(=C)C23CC(CCC)CC2CC2C4CCC5=CC(=C)C=CC5(C)C4CCC23C)c(C)c(C)c1NC. The maximum absolute atomic E-state index is 5.10. The molecule has 0 bridgehead atoms. The smallest absolute Gasteiger partial charge is 0.0446 e. The van der Waals surface area contributed by atoms with Gasteiger partial charge in [0.1, 0.15) is 0 Å². The Kier molecular flexibility index (Phi) is 7.83. The molecule has 1 heteroatoms. The molecule has 6 rings (SSSR count). The van der Waals surface area contributed by atoms with Crippen molar-refractivity contribution in [1.82, 2.24) is 0 Å². The number of anilines is 1. The highest BCUT2D eigenvalue weighted by molar-refractivity contribution is 5.75. The van der Waals surface area contributed by atoms with Crippen LogP contribution in [0.3, 0.4) is 0 Å². The van der Waals surface area contributed by atoms with Crippen molar-refractivity contribution in [3.63, 3.8) is 0 Å². The molecule has 4 saturated carbocycles. The van der Waals surface area contributed by atoms with Crippen LogP contribution in [-0.2, 0) is 6.42 Å². The van der Waals surface area contributed by atoms with Crippen LogP contribution in [0.5, 0.6) is 0 Å². The van der Waals surface area contributed by atoms with Gasteiger partial charge in [0.05, 0.1) is 0 Å². The second kappa shape index (κ2) is 11.0. The normalized spacial score (nSPS) is 37.7. The van der Waals surface area contributed by atoms with Gasteiger partial charge in [-0.3, -0.25) is 0 Å². The largest absolute Gasteiger partial charge is 0.387 e. The molecule has 1 nitrogen and oxygen atoms in total. The lowest BCUT2D eigenvalue weighted by Crippen LogP contribution is -2.52. The standard InChI is InChI=1S/C42H59N/c1-11-13-31-23-33-24-38-36-17-15-32-22-26(3)18-20-40(32,8)37(36)19-21-41(38,9)42(33,25-31)27(4)14-16-35-28(5)29(6)39(43-10)34(12-2)30(35)7/h12,18,20,22,31,33,36-38,43H,2-4,11,13-17,19,21,23-25H2,1,5-10H3. The van der Waals surface area contributed by atoms with E-state index in [-0.39, 0.29) is 5.41 Å². The predicted octanol–water partition coefficient (Wildman–Crippen LogP) is 11.5. The van der Waals surface area contributed by atoms with E-state index in [1.54, 1.807) is 11.1 Å². The lowest BCUT2D eigenvalue weighted by molar-refractivity contribution is -0.0608. The van der Waals surface area contributed by atoms with Gasteiger partial charge >= 0.3 is 0 Å². The number of hydrogen-bond donors (Lipinski definition) is 1. The fourth-order valence-electron chi connectivity index (χ4n) is 12.4. The summed E-state index contributed by atoms with van der Waals surface area (Å²) in [4.78, 5) is 0. The molecule has 0 heterocycles. The van der Waals surface area contributed by atoms with E-state index in [0.717, 1.165) is 42.4 Å². The second-order valence-electron chi connectivity index (χ2n) is 15.9. The van der Waals surface area contributed by atoms with E-state index < -0.39 is 0 Å². The highest BCUT2D eigenvalue weighted by Crippen LogP contribution is 2.77. The van der Waals surface area contributed by atoms with Crippen LogP contribution in [0.2, 0.25) is 0 Å². The highest BCUT2D eigenvalue weighted by atomic mass is 14.8. The zero-order valence-corrected chi connectivity index (χ0v) is 28.6.